The molecule has 0 fully saturated rings. The Hall–Kier alpha value is -3.19. The van der Waals surface area contributed by atoms with Crippen LogP contribution in [0.3, 0.4) is 0 Å². The van der Waals surface area contributed by atoms with Gasteiger partial charge in [0.2, 0.25) is 0 Å². The molecule has 0 aliphatic heterocycles. The fourth-order valence-electron chi connectivity index (χ4n) is 2.85. The summed E-state index contributed by atoms with van der Waals surface area (Å²) in [6.45, 7) is 1.95. The van der Waals surface area contributed by atoms with Gasteiger partial charge in [0, 0.05) is 10.9 Å². The van der Waals surface area contributed by atoms with Crippen LogP contribution in [0.5, 0.6) is 5.75 Å². The maximum atomic E-state index is 12.6. The summed E-state index contributed by atoms with van der Waals surface area (Å²) in [6.07, 6.45) is 3.39. The van der Waals surface area contributed by atoms with Crippen molar-refractivity contribution in [2.45, 2.75) is 13.0 Å². The van der Waals surface area contributed by atoms with E-state index < -0.39 is 0 Å². The summed E-state index contributed by atoms with van der Waals surface area (Å²) < 4.78 is 5.24. The minimum Gasteiger partial charge on any atom is -0.497 e. The highest BCUT2D eigenvalue weighted by molar-refractivity contribution is 7.16. The molecule has 136 valence electrons. The second kappa shape index (κ2) is 7.20. The van der Waals surface area contributed by atoms with Gasteiger partial charge >= 0.3 is 0 Å². The normalized spacial score (nSPS) is 12.1. The van der Waals surface area contributed by atoms with Crippen molar-refractivity contribution in [2.24, 2.45) is 0 Å². The standard InChI is InChI=1S/C20H18N4O2S/c1-12(13-4-3-5-16(9-13)26-2)23-19(25)18-11-21-20(27-18)14-6-7-17-15(8-14)10-22-24-17/h3-12H,1-2H3,(H,22,24)(H,23,25). The van der Waals surface area contributed by atoms with Crippen molar-refractivity contribution in [1.82, 2.24) is 20.5 Å². The summed E-state index contributed by atoms with van der Waals surface area (Å²) >= 11 is 1.37. The number of aromatic nitrogens is 3. The van der Waals surface area contributed by atoms with Crippen molar-refractivity contribution in [3.05, 3.63) is 65.3 Å². The third kappa shape index (κ3) is 3.54. The monoisotopic (exact) mass is 378 g/mol. The van der Waals surface area contributed by atoms with Gasteiger partial charge in [-0.2, -0.15) is 5.10 Å². The molecule has 27 heavy (non-hydrogen) atoms. The van der Waals surface area contributed by atoms with Gasteiger partial charge < -0.3 is 10.1 Å². The zero-order valence-electron chi connectivity index (χ0n) is 14.9. The van der Waals surface area contributed by atoms with E-state index in [1.807, 2.05) is 49.4 Å². The van der Waals surface area contributed by atoms with Crippen molar-refractivity contribution >= 4 is 28.1 Å². The molecule has 4 rings (SSSR count). The van der Waals surface area contributed by atoms with Gasteiger partial charge in [0.05, 0.1) is 31.1 Å². The summed E-state index contributed by atoms with van der Waals surface area (Å²) in [5, 5.41) is 11.8. The molecule has 2 N–H and O–H groups in total. The van der Waals surface area contributed by atoms with Crippen LogP contribution >= 0.6 is 11.3 Å². The van der Waals surface area contributed by atoms with Crippen LogP contribution < -0.4 is 10.1 Å². The molecule has 0 bridgehead atoms. The number of methoxy groups -OCH3 is 1. The molecule has 4 aromatic rings. The summed E-state index contributed by atoms with van der Waals surface area (Å²) in [6, 6.07) is 13.5. The van der Waals surface area contributed by atoms with E-state index in [1.165, 1.54) is 11.3 Å². The van der Waals surface area contributed by atoms with Crippen LogP contribution in [0, 0.1) is 0 Å². The number of benzene rings is 2. The van der Waals surface area contributed by atoms with Gasteiger partial charge in [0.1, 0.15) is 15.6 Å². The highest BCUT2D eigenvalue weighted by atomic mass is 32.1. The topological polar surface area (TPSA) is 79.9 Å². The van der Waals surface area contributed by atoms with Crippen LogP contribution in [-0.2, 0) is 0 Å². The van der Waals surface area contributed by atoms with Crippen molar-refractivity contribution in [3.63, 3.8) is 0 Å². The zero-order chi connectivity index (χ0) is 18.8. The number of nitrogens with one attached hydrogen (secondary N) is 2. The van der Waals surface area contributed by atoms with Crippen LogP contribution in [0.4, 0.5) is 0 Å². The smallest absolute Gasteiger partial charge is 0.263 e. The fraction of sp³-hybridized carbons (Fsp3) is 0.150. The minimum absolute atomic E-state index is 0.138. The fourth-order valence-corrected chi connectivity index (χ4v) is 3.67. The van der Waals surface area contributed by atoms with Crippen LogP contribution in [0.15, 0.2) is 54.9 Å². The first kappa shape index (κ1) is 17.2. The van der Waals surface area contributed by atoms with Crippen LogP contribution in [0.25, 0.3) is 21.5 Å². The first-order valence-electron chi connectivity index (χ1n) is 8.48. The van der Waals surface area contributed by atoms with Gasteiger partial charge in [-0.15, -0.1) is 11.3 Å². The Morgan fingerprint density at radius 1 is 1.22 bits per heavy atom. The lowest BCUT2D eigenvalue weighted by molar-refractivity contribution is 0.0943. The van der Waals surface area contributed by atoms with E-state index in [-0.39, 0.29) is 11.9 Å². The number of thiazole rings is 1. The number of ether oxygens (including phenoxy) is 1. The third-order valence-corrected chi connectivity index (χ3v) is 5.40. The number of H-pyrrole nitrogens is 1. The summed E-state index contributed by atoms with van der Waals surface area (Å²) in [5.41, 5.74) is 2.92. The molecule has 2 aromatic heterocycles. The third-order valence-electron chi connectivity index (χ3n) is 4.36. The number of fused-ring (bicyclic) bond motifs is 1. The number of rotatable bonds is 5. The molecule has 1 atom stereocenters. The Labute approximate surface area is 160 Å². The number of carbonyl (C=O) groups is 1. The summed E-state index contributed by atoms with van der Waals surface area (Å²) in [5.74, 6) is 0.627. The Morgan fingerprint density at radius 2 is 2.11 bits per heavy atom. The maximum Gasteiger partial charge on any atom is 0.263 e. The number of aromatic amines is 1. The number of amides is 1. The number of hydrogen-bond donors (Lipinski definition) is 2. The van der Waals surface area contributed by atoms with E-state index in [0.717, 1.165) is 32.8 Å². The van der Waals surface area contributed by atoms with Crippen molar-refractivity contribution in [2.75, 3.05) is 7.11 Å². The first-order chi connectivity index (χ1) is 13.1. The van der Waals surface area contributed by atoms with Gasteiger partial charge in [-0.3, -0.25) is 9.89 Å². The zero-order valence-corrected chi connectivity index (χ0v) is 15.7. The Morgan fingerprint density at radius 3 is 2.96 bits per heavy atom. The summed E-state index contributed by atoms with van der Waals surface area (Å²) in [7, 11) is 1.63. The first-order valence-corrected chi connectivity index (χ1v) is 9.30. The van der Waals surface area contributed by atoms with Crippen LogP contribution in [0.2, 0.25) is 0 Å². The van der Waals surface area contributed by atoms with E-state index in [1.54, 1.807) is 19.5 Å². The Balaban J connectivity index is 1.51. The number of hydrogen-bond acceptors (Lipinski definition) is 5. The SMILES string of the molecule is COc1cccc(C(C)NC(=O)c2cnc(-c3ccc4[nH]ncc4c3)s2)c1. The van der Waals surface area contributed by atoms with Crippen molar-refractivity contribution in [3.8, 4) is 16.3 Å². The average Bonchev–Trinajstić information content (AvgIpc) is 3.36. The van der Waals surface area contributed by atoms with E-state index >= 15 is 0 Å². The van der Waals surface area contributed by atoms with Gasteiger partial charge in [-0.05, 0) is 42.8 Å². The van der Waals surface area contributed by atoms with Gasteiger partial charge in [0.25, 0.3) is 5.91 Å². The molecule has 2 heterocycles. The van der Waals surface area contributed by atoms with E-state index in [4.69, 9.17) is 4.74 Å². The molecule has 0 spiro atoms. The van der Waals surface area contributed by atoms with E-state index in [9.17, 15) is 4.79 Å². The molecule has 1 unspecified atom stereocenters. The predicted octanol–water partition coefficient (Wildman–Crippen LogP) is 4.19. The number of nitrogens with zero attached hydrogens (tertiary/aromatic N) is 2. The van der Waals surface area contributed by atoms with Gasteiger partial charge in [0.15, 0.2) is 0 Å². The van der Waals surface area contributed by atoms with E-state index in [2.05, 4.69) is 20.5 Å². The molecule has 1 amide bonds. The molecular weight excluding hydrogens is 360 g/mol. The molecule has 7 heteroatoms. The lowest BCUT2D eigenvalue weighted by atomic mass is 10.1. The second-order valence-corrected chi connectivity index (χ2v) is 7.20. The molecule has 6 nitrogen and oxygen atoms in total. The lowest BCUT2D eigenvalue weighted by Crippen LogP contribution is -2.25. The molecule has 0 saturated carbocycles. The Bertz CT molecular complexity index is 1100. The van der Waals surface area contributed by atoms with Crippen LogP contribution in [-0.4, -0.2) is 28.2 Å². The van der Waals surface area contributed by atoms with Crippen molar-refractivity contribution in [1.29, 1.82) is 0 Å². The molecule has 0 aliphatic carbocycles. The minimum atomic E-state index is -0.140. The predicted molar refractivity (Wildman–Crippen MR) is 106 cm³/mol. The quantitative estimate of drug-likeness (QED) is 0.546. The van der Waals surface area contributed by atoms with Crippen molar-refractivity contribution < 1.29 is 9.53 Å². The lowest BCUT2D eigenvalue weighted by Gasteiger charge is -2.14. The number of carbonyl (C=O) groups excluding carboxylic acids is 1. The second-order valence-electron chi connectivity index (χ2n) is 6.17. The molecule has 0 saturated heterocycles. The van der Waals surface area contributed by atoms with Gasteiger partial charge in [-0.25, -0.2) is 4.98 Å². The maximum absolute atomic E-state index is 12.6. The highest BCUT2D eigenvalue weighted by Gasteiger charge is 2.16. The van der Waals surface area contributed by atoms with Crippen LogP contribution in [0.1, 0.15) is 28.2 Å². The molecule has 2 aromatic carbocycles. The Kier molecular flexibility index (Phi) is 4.60. The van der Waals surface area contributed by atoms with E-state index in [0.29, 0.717) is 4.88 Å². The highest BCUT2D eigenvalue weighted by Crippen LogP contribution is 2.28. The largest absolute Gasteiger partial charge is 0.497 e. The average molecular weight is 378 g/mol. The molecular formula is C20H18N4O2S. The molecule has 0 aliphatic rings. The van der Waals surface area contributed by atoms with Gasteiger partial charge in [-0.1, -0.05) is 12.1 Å². The summed E-state index contributed by atoms with van der Waals surface area (Å²) in [4.78, 5) is 17.6. The molecule has 0 radical (unpaired) electrons.